The number of rotatable bonds is 2. The maximum atomic E-state index is 9.01. The number of alkyl halides is 1. The number of benzene rings is 1. The molecule has 0 spiro atoms. The fourth-order valence-corrected chi connectivity index (χ4v) is 1.41. The van der Waals surface area contributed by atoms with E-state index in [1.165, 1.54) is 5.56 Å². The molecule has 1 rings (SSSR count). The molecule has 0 saturated carbocycles. The van der Waals surface area contributed by atoms with Crippen molar-refractivity contribution >= 4 is 15.9 Å². The molecule has 2 heteroatoms. The fraction of sp³-hybridized carbons (Fsp3) is 0.333. The zero-order valence-corrected chi connectivity index (χ0v) is 8.01. The van der Waals surface area contributed by atoms with E-state index in [4.69, 9.17) is 5.11 Å². The summed E-state index contributed by atoms with van der Waals surface area (Å²) in [5.74, 6) is 0. The number of aryl methyl sites for hydroxylation is 1. The molecule has 1 unspecified atom stereocenters. The summed E-state index contributed by atoms with van der Waals surface area (Å²) >= 11 is 3.09. The maximum absolute atomic E-state index is 9.01. The molecule has 0 aromatic heterocycles. The van der Waals surface area contributed by atoms with Gasteiger partial charge in [-0.1, -0.05) is 45.8 Å². The Morgan fingerprint density at radius 3 is 2.82 bits per heavy atom. The normalized spacial score (nSPS) is 13.0. The lowest BCUT2D eigenvalue weighted by molar-refractivity contribution is 0.271. The molecule has 0 fully saturated rings. The van der Waals surface area contributed by atoms with Gasteiger partial charge in [-0.3, -0.25) is 0 Å². The smallest absolute Gasteiger partial charge is 0.113 e. The molecule has 0 saturated heterocycles. The van der Waals surface area contributed by atoms with Crippen molar-refractivity contribution in [1.82, 2.24) is 0 Å². The Balaban J connectivity index is 2.71. The van der Waals surface area contributed by atoms with Crippen LogP contribution in [0.1, 0.15) is 11.1 Å². The number of hydrogen-bond acceptors (Lipinski definition) is 1. The Hall–Kier alpha value is -0.340. The highest BCUT2D eigenvalue weighted by molar-refractivity contribution is 9.09. The summed E-state index contributed by atoms with van der Waals surface area (Å²) in [5, 5.41) is 8.59. The Labute approximate surface area is 75.2 Å². The van der Waals surface area contributed by atoms with Gasteiger partial charge in [-0.2, -0.15) is 0 Å². The first kappa shape index (κ1) is 8.75. The fourth-order valence-electron chi connectivity index (χ4n) is 1.03. The average molecular weight is 215 g/mol. The van der Waals surface area contributed by atoms with Crippen LogP contribution in [0.4, 0.5) is 0 Å². The molecule has 0 aliphatic carbocycles. The van der Waals surface area contributed by atoms with Crippen LogP contribution < -0.4 is 0 Å². The molecule has 0 aliphatic heterocycles. The van der Waals surface area contributed by atoms with Crippen molar-refractivity contribution in [2.45, 2.75) is 18.4 Å². The predicted molar refractivity (Wildman–Crippen MR) is 49.8 cm³/mol. The maximum Gasteiger partial charge on any atom is 0.113 e. The molecular weight excluding hydrogens is 204 g/mol. The second-order valence-electron chi connectivity index (χ2n) is 2.63. The van der Waals surface area contributed by atoms with E-state index in [2.05, 4.69) is 22.0 Å². The number of aliphatic hydroxyl groups excluding tert-OH is 1. The van der Waals surface area contributed by atoms with Crippen molar-refractivity contribution in [3.8, 4) is 0 Å². The summed E-state index contributed by atoms with van der Waals surface area (Å²) < 4.78 is 0. The van der Waals surface area contributed by atoms with Gasteiger partial charge in [-0.15, -0.1) is 0 Å². The van der Waals surface area contributed by atoms with Gasteiger partial charge in [0.2, 0.25) is 0 Å². The molecular formula is C9H11BrO. The van der Waals surface area contributed by atoms with Crippen LogP contribution in [0.15, 0.2) is 24.3 Å². The summed E-state index contributed by atoms with van der Waals surface area (Å²) in [5.41, 5.74) is 2.39. The van der Waals surface area contributed by atoms with E-state index in [0.717, 1.165) is 5.56 Å². The molecule has 0 amide bonds. The van der Waals surface area contributed by atoms with Gasteiger partial charge >= 0.3 is 0 Å². The Bertz CT molecular complexity index is 233. The first-order valence-corrected chi connectivity index (χ1v) is 4.48. The molecule has 1 aromatic rings. The van der Waals surface area contributed by atoms with Crippen molar-refractivity contribution in [1.29, 1.82) is 0 Å². The molecule has 11 heavy (non-hydrogen) atoms. The van der Waals surface area contributed by atoms with Crippen LogP contribution in [-0.2, 0) is 6.42 Å². The SMILES string of the molecule is Cc1cccc(CC(O)Br)c1. The summed E-state index contributed by atoms with van der Waals surface area (Å²) in [7, 11) is 0. The molecule has 0 heterocycles. The number of halogens is 1. The van der Waals surface area contributed by atoms with Gasteiger partial charge in [0.1, 0.15) is 5.01 Å². The number of aliphatic hydroxyl groups is 1. The van der Waals surface area contributed by atoms with Crippen LogP contribution >= 0.6 is 15.9 Å². The van der Waals surface area contributed by atoms with E-state index in [0.29, 0.717) is 6.42 Å². The lowest BCUT2D eigenvalue weighted by Crippen LogP contribution is -1.99. The molecule has 60 valence electrons. The van der Waals surface area contributed by atoms with Crippen LogP contribution in [0.25, 0.3) is 0 Å². The number of hydrogen-bond donors (Lipinski definition) is 1. The molecule has 0 aliphatic rings. The molecule has 0 radical (unpaired) electrons. The van der Waals surface area contributed by atoms with E-state index in [1.54, 1.807) is 0 Å². The predicted octanol–water partition coefficient (Wildman–Crippen LogP) is 2.25. The van der Waals surface area contributed by atoms with Crippen LogP contribution in [0.5, 0.6) is 0 Å². The van der Waals surface area contributed by atoms with Gasteiger partial charge in [0.05, 0.1) is 0 Å². The zero-order valence-electron chi connectivity index (χ0n) is 6.42. The molecule has 1 N–H and O–H groups in total. The van der Waals surface area contributed by atoms with Gasteiger partial charge in [0.15, 0.2) is 0 Å². The summed E-state index contributed by atoms with van der Waals surface area (Å²) in [6.07, 6.45) is 0.668. The second kappa shape index (κ2) is 3.88. The van der Waals surface area contributed by atoms with Gasteiger partial charge < -0.3 is 5.11 Å². The first-order chi connectivity index (χ1) is 5.18. The third kappa shape index (κ3) is 3.04. The highest BCUT2D eigenvalue weighted by atomic mass is 79.9. The lowest BCUT2D eigenvalue weighted by atomic mass is 10.1. The summed E-state index contributed by atoms with van der Waals surface area (Å²) in [6.45, 7) is 2.05. The lowest BCUT2D eigenvalue weighted by Gasteiger charge is -2.02. The van der Waals surface area contributed by atoms with Crippen molar-refractivity contribution < 1.29 is 5.11 Å². The Kier molecular flexibility index (Phi) is 3.09. The highest BCUT2D eigenvalue weighted by Crippen LogP contribution is 2.09. The first-order valence-electron chi connectivity index (χ1n) is 3.56. The van der Waals surface area contributed by atoms with Crippen molar-refractivity contribution in [2.24, 2.45) is 0 Å². The topological polar surface area (TPSA) is 20.2 Å². The van der Waals surface area contributed by atoms with E-state index in [-0.39, 0.29) is 0 Å². The van der Waals surface area contributed by atoms with Crippen molar-refractivity contribution in [3.05, 3.63) is 35.4 Å². The molecule has 1 atom stereocenters. The average Bonchev–Trinajstić information content (AvgIpc) is 1.85. The van der Waals surface area contributed by atoms with Crippen molar-refractivity contribution in [2.75, 3.05) is 0 Å². The zero-order chi connectivity index (χ0) is 8.27. The third-order valence-electron chi connectivity index (χ3n) is 1.49. The third-order valence-corrected chi connectivity index (χ3v) is 1.81. The Morgan fingerprint density at radius 1 is 1.55 bits per heavy atom. The minimum atomic E-state index is -0.427. The largest absolute Gasteiger partial charge is 0.382 e. The van der Waals surface area contributed by atoms with Gasteiger partial charge in [-0.25, -0.2) is 0 Å². The quantitative estimate of drug-likeness (QED) is 0.750. The van der Waals surface area contributed by atoms with Crippen LogP contribution in [-0.4, -0.2) is 10.1 Å². The molecule has 1 nitrogen and oxygen atoms in total. The standard InChI is InChI=1S/C9H11BrO/c1-7-3-2-4-8(5-7)6-9(10)11/h2-5,9,11H,6H2,1H3. The minimum absolute atomic E-state index is 0.427. The van der Waals surface area contributed by atoms with Crippen molar-refractivity contribution in [3.63, 3.8) is 0 Å². The van der Waals surface area contributed by atoms with Gasteiger partial charge in [0, 0.05) is 6.42 Å². The summed E-state index contributed by atoms with van der Waals surface area (Å²) in [6, 6.07) is 8.13. The summed E-state index contributed by atoms with van der Waals surface area (Å²) in [4.78, 5) is 0. The van der Waals surface area contributed by atoms with Gasteiger partial charge in [-0.05, 0) is 12.5 Å². The van der Waals surface area contributed by atoms with Gasteiger partial charge in [0.25, 0.3) is 0 Å². The Morgan fingerprint density at radius 2 is 2.27 bits per heavy atom. The second-order valence-corrected chi connectivity index (χ2v) is 3.68. The molecule has 0 bridgehead atoms. The van der Waals surface area contributed by atoms with Crippen LogP contribution in [0.2, 0.25) is 0 Å². The minimum Gasteiger partial charge on any atom is -0.382 e. The van der Waals surface area contributed by atoms with E-state index >= 15 is 0 Å². The van der Waals surface area contributed by atoms with E-state index in [1.807, 2.05) is 25.1 Å². The molecule has 1 aromatic carbocycles. The van der Waals surface area contributed by atoms with Crippen LogP contribution in [0.3, 0.4) is 0 Å². The van der Waals surface area contributed by atoms with E-state index in [9.17, 15) is 0 Å². The van der Waals surface area contributed by atoms with E-state index < -0.39 is 5.01 Å². The van der Waals surface area contributed by atoms with Crippen LogP contribution in [0, 0.1) is 6.92 Å². The monoisotopic (exact) mass is 214 g/mol. The highest BCUT2D eigenvalue weighted by Gasteiger charge is 1.98.